The van der Waals surface area contributed by atoms with Crippen molar-refractivity contribution < 1.29 is 4.79 Å². The zero-order chi connectivity index (χ0) is 11.1. The summed E-state index contributed by atoms with van der Waals surface area (Å²) in [6.07, 6.45) is 6.89. The number of rotatable bonds is 3. The first-order chi connectivity index (χ1) is 7.22. The van der Waals surface area contributed by atoms with E-state index in [1.54, 1.807) is 6.08 Å². The molecular weight excluding hydrogens is 301 g/mol. The van der Waals surface area contributed by atoms with Gasteiger partial charge in [0.2, 0.25) is 5.91 Å². The van der Waals surface area contributed by atoms with Crippen molar-refractivity contribution in [2.75, 3.05) is 5.32 Å². The second-order valence-electron chi connectivity index (χ2n) is 2.88. The summed E-state index contributed by atoms with van der Waals surface area (Å²) < 4.78 is 1.15. The van der Waals surface area contributed by atoms with Crippen LogP contribution < -0.4 is 5.32 Å². The van der Waals surface area contributed by atoms with E-state index < -0.39 is 0 Å². The van der Waals surface area contributed by atoms with Crippen molar-refractivity contribution in [3.05, 3.63) is 52.1 Å². The third-order valence-electron chi connectivity index (χ3n) is 1.66. The molecule has 1 amide bonds. The number of nitrogens with one attached hydrogen (secondary N) is 1. The van der Waals surface area contributed by atoms with Gasteiger partial charge in [-0.3, -0.25) is 4.79 Å². The predicted octanol–water partition coefficient (Wildman–Crippen LogP) is 3.36. The molecule has 0 aliphatic rings. The average molecular weight is 313 g/mol. The molecule has 1 aromatic rings. The monoisotopic (exact) mass is 313 g/mol. The van der Waals surface area contributed by atoms with Gasteiger partial charge in [0.1, 0.15) is 0 Å². The molecule has 2 nitrogen and oxygen atoms in total. The molecule has 0 atom stereocenters. The molecule has 0 aliphatic carbocycles. The number of amides is 1. The van der Waals surface area contributed by atoms with Gasteiger partial charge < -0.3 is 5.32 Å². The minimum atomic E-state index is -0.116. The number of hydrogen-bond donors (Lipinski definition) is 1. The third kappa shape index (κ3) is 4.78. The second kappa shape index (κ2) is 6.40. The summed E-state index contributed by atoms with van der Waals surface area (Å²) >= 11 is 2.22. The Morgan fingerprint density at radius 3 is 2.53 bits per heavy atom. The van der Waals surface area contributed by atoms with Crippen LogP contribution in [0.15, 0.2) is 48.6 Å². The fourth-order valence-electron chi connectivity index (χ4n) is 0.971. The van der Waals surface area contributed by atoms with Gasteiger partial charge in [-0.2, -0.15) is 0 Å². The summed E-state index contributed by atoms with van der Waals surface area (Å²) in [7, 11) is 0. The molecule has 1 N–H and O–H groups in total. The Morgan fingerprint density at radius 2 is 1.93 bits per heavy atom. The highest BCUT2D eigenvalue weighted by Gasteiger charge is 1.95. The van der Waals surface area contributed by atoms with Crippen molar-refractivity contribution in [2.24, 2.45) is 0 Å². The first-order valence-electron chi connectivity index (χ1n) is 4.58. The van der Waals surface area contributed by atoms with Gasteiger partial charge >= 0.3 is 0 Å². The zero-order valence-corrected chi connectivity index (χ0v) is 10.6. The highest BCUT2D eigenvalue weighted by Crippen LogP contribution is 2.10. The maximum absolute atomic E-state index is 11.3. The number of carbonyl (C=O) groups is 1. The zero-order valence-electron chi connectivity index (χ0n) is 8.41. The lowest BCUT2D eigenvalue weighted by Crippen LogP contribution is -2.07. The molecule has 0 fully saturated rings. The largest absolute Gasteiger partial charge is 0.323 e. The van der Waals surface area contributed by atoms with E-state index in [4.69, 9.17) is 0 Å². The molecule has 0 heterocycles. The molecule has 1 aromatic carbocycles. The molecule has 1 rings (SSSR count). The lowest BCUT2D eigenvalue weighted by Gasteiger charge is -2.00. The van der Waals surface area contributed by atoms with Crippen molar-refractivity contribution in [1.82, 2.24) is 0 Å². The summed E-state index contributed by atoms with van der Waals surface area (Å²) in [5.74, 6) is -0.116. The standard InChI is InChI=1S/C12H12INO/c1-2-3-4-5-12(15)14-11-8-6-10(13)7-9-11/h2-9H,1H3,(H,14,15). The van der Waals surface area contributed by atoms with Crippen LogP contribution in [0.2, 0.25) is 0 Å². The Bertz CT molecular complexity index is 379. The average Bonchev–Trinajstić information content (AvgIpc) is 2.22. The molecule has 78 valence electrons. The molecule has 0 saturated heterocycles. The van der Waals surface area contributed by atoms with Crippen LogP contribution in [0.5, 0.6) is 0 Å². The smallest absolute Gasteiger partial charge is 0.248 e. The second-order valence-corrected chi connectivity index (χ2v) is 4.13. The van der Waals surface area contributed by atoms with Crippen molar-refractivity contribution >= 4 is 34.2 Å². The lowest BCUT2D eigenvalue weighted by molar-refractivity contribution is -0.111. The van der Waals surface area contributed by atoms with Crippen LogP contribution in [0.4, 0.5) is 5.69 Å². The molecule has 0 unspecified atom stereocenters. The van der Waals surface area contributed by atoms with Gasteiger partial charge in [-0.1, -0.05) is 18.2 Å². The molecular formula is C12H12INO. The summed E-state index contributed by atoms with van der Waals surface area (Å²) in [4.78, 5) is 11.3. The van der Waals surface area contributed by atoms with Crippen molar-refractivity contribution in [3.8, 4) is 0 Å². The Hall–Kier alpha value is -1.10. The van der Waals surface area contributed by atoms with Gasteiger partial charge in [0.15, 0.2) is 0 Å². The fourth-order valence-corrected chi connectivity index (χ4v) is 1.33. The van der Waals surface area contributed by atoms with Crippen LogP contribution in [-0.2, 0) is 4.79 Å². The highest BCUT2D eigenvalue weighted by molar-refractivity contribution is 14.1. The number of carbonyl (C=O) groups excluding carboxylic acids is 1. The van der Waals surface area contributed by atoms with Gasteiger partial charge in [0.25, 0.3) is 0 Å². The minimum Gasteiger partial charge on any atom is -0.323 e. The maximum atomic E-state index is 11.3. The van der Waals surface area contributed by atoms with E-state index in [1.807, 2.05) is 43.3 Å². The number of benzene rings is 1. The maximum Gasteiger partial charge on any atom is 0.248 e. The van der Waals surface area contributed by atoms with Crippen LogP contribution in [-0.4, -0.2) is 5.91 Å². The third-order valence-corrected chi connectivity index (χ3v) is 2.38. The van der Waals surface area contributed by atoms with Gasteiger partial charge in [-0.05, 0) is 53.8 Å². The first kappa shape index (κ1) is 12.0. The van der Waals surface area contributed by atoms with Gasteiger partial charge in [0.05, 0.1) is 0 Å². The van der Waals surface area contributed by atoms with Crippen molar-refractivity contribution in [2.45, 2.75) is 6.92 Å². The predicted molar refractivity (Wildman–Crippen MR) is 71.7 cm³/mol. The van der Waals surface area contributed by atoms with E-state index in [9.17, 15) is 4.79 Å². The van der Waals surface area contributed by atoms with Crippen LogP contribution in [0.1, 0.15) is 6.92 Å². The number of allylic oxidation sites excluding steroid dienone is 3. The van der Waals surface area contributed by atoms with E-state index in [-0.39, 0.29) is 5.91 Å². The lowest BCUT2D eigenvalue weighted by atomic mass is 10.3. The van der Waals surface area contributed by atoms with E-state index in [0.717, 1.165) is 9.26 Å². The molecule has 3 heteroatoms. The quantitative estimate of drug-likeness (QED) is 0.517. The molecule has 0 saturated carbocycles. The Labute approximate surface area is 103 Å². The normalized spacial score (nSPS) is 11.1. The minimum absolute atomic E-state index is 0.116. The van der Waals surface area contributed by atoms with Crippen LogP contribution in [0.25, 0.3) is 0 Å². The summed E-state index contributed by atoms with van der Waals surface area (Å²) in [5.41, 5.74) is 0.811. The molecule has 0 aliphatic heterocycles. The van der Waals surface area contributed by atoms with E-state index in [0.29, 0.717) is 0 Å². The van der Waals surface area contributed by atoms with Crippen LogP contribution in [0, 0.1) is 3.57 Å². The molecule has 0 bridgehead atoms. The fraction of sp³-hybridized carbons (Fsp3) is 0.0833. The molecule has 15 heavy (non-hydrogen) atoms. The Morgan fingerprint density at radius 1 is 1.27 bits per heavy atom. The number of hydrogen-bond acceptors (Lipinski definition) is 1. The van der Waals surface area contributed by atoms with Crippen LogP contribution >= 0.6 is 22.6 Å². The van der Waals surface area contributed by atoms with Crippen LogP contribution in [0.3, 0.4) is 0 Å². The first-order valence-corrected chi connectivity index (χ1v) is 5.66. The Kier molecular flexibility index (Phi) is 5.10. The molecule has 0 spiro atoms. The number of anilines is 1. The molecule has 0 radical (unpaired) electrons. The summed E-state index contributed by atoms with van der Waals surface area (Å²) in [6.45, 7) is 1.90. The van der Waals surface area contributed by atoms with E-state index in [2.05, 4.69) is 27.9 Å². The SMILES string of the molecule is CC=CC=CC(=O)Nc1ccc(I)cc1. The van der Waals surface area contributed by atoms with Gasteiger partial charge in [0, 0.05) is 15.3 Å². The van der Waals surface area contributed by atoms with Crippen molar-refractivity contribution in [1.29, 1.82) is 0 Å². The van der Waals surface area contributed by atoms with Gasteiger partial charge in [-0.15, -0.1) is 0 Å². The highest BCUT2D eigenvalue weighted by atomic mass is 127. The Balaban J connectivity index is 2.55. The van der Waals surface area contributed by atoms with E-state index in [1.165, 1.54) is 6.08 Å². The summed E-state index contributed by atoms with van der Waals surface area (Å²) in [5, 5.41) is 2.77. The number of halogens is 1. The van der Waals surface area contributed by atoms with Crippen molar-refractivity contribution in [3.63, 3.8) is 0 Å². The van der Waals surface area contributed by atoms with Gasteiger partial charge in [-0.25, -0.2) is 0 Å². The van der Waals surface area contributed by atoms with E-state index >= 15 is 0 Å². The molecule has 0 aromatic heterocycles. The topological polar surface area (TPSA) is 29.1 Å². The summed E-state index contributed by atoms with van der Waals surface area (Å²) in [6, 6.07) is 7.66.